The topological polar surface area (TPSA) is 63.3 Å². The summed E-state index contributed by atoms with van der Waals surface area (Å²) in [6, 6.07) is 12.1. The Morgan fingerprint density at radius 3 is 2.63 bits per heavy atom. The van der Waals surface area contributed by atoms with Crippen molar-refractivity contribution in [3.05, 3.63) is 58.6 Å². The molecular formula is C15H14ClNO2. The maximum absolute atomic E-state index is 11.0. The molecule has 1 unspecified atom stereocenters. The number of nitrogens with two attached hydrogens (primary N) is 1. The summed E-state index contributed by atoms with van der Waals surface area (Å²) < 4.78 is 0. The summed E-state index contributed by atoms with van der Waals surface area (Å²) in [5.41, 5.74) is 8.61. The van der Waals surface area contributed by atoms with Gasteiger partial charge in [0, 0.05) is 16.6 Å². The number of hydrogen-bond donors (Lipinski definition) is 2. The number of carbonyl (C=O) groups is 1. The van der Waals surface area contributed by atoms with Crippen LogP contribution in [-0.4, -0.2) is 11.1 Å². The van der Waals surface area contributed by atoms with Gasteiger partial charge in [-0.2, -0.15) is 0 Å². The van der Waals surface area contributed by atoms with E-state index in [1.807, 2.05) is 25.1 Å². The van der Waals surface area contributed by atoms with Gasteiger partial charge in [0.15, 0.2) is 0 Å². The smallest absolute Gasteiger partial charge is 0.335 e. The molecule has 2 aromatic rings. The van der Waals surface area contributed by atoms with Crippen molar-refractivity contribution in [1.82, 2.24) is 0 Å². The third kappa shape index (κ3) is 2.95. The first-order valence-corrected chi connectivity index (χ1v) is 6.25. The number of carboxylic acids is 1. The van der Waals surface area contributed by atoms with Crippen molar-refractivity contribution in [3.63, 3.8) is 0 Å². The van der Waals surface area contributed by atoms with Crippen LogP contribution in [0.4, 0.5) is 0 Å². The van der Waals surface area contributed by atoms with Gasteiger partial charge in [0.25, 0.3) is 0 Å². The van der Waals surface area contributed by atoms with Crippen LogP contribution in [0.25, 0.3) is 11.1 Å². The summed E-state index contributed by atoms with van der Waals surface area (Å²) in [4.78, 5) is 11.0. The first-order valence-electron chi connectivity index (χ1n) is 5.88. The molecule has 0 fully saturated rings. The van der Waals surface area contributed by atoms with Crippen molar-refractivity contribution < 1.29 is 9.90 Å². The SMILES string of the molecule is CC(N)c1ccc(Cl)c(-c2cccc(C(=O)O)c2)c1. The maximum Gasteiger partial charge on any atom is 0.335 e. The lowest BCUT2D eigenvalue weighted by atomic mass is 9.99. The molecule has 0 saturated carbocycles. The highest BCUT2D eigenvalue weighted by atomic mass is 35.5. The number of rotatable bonds is 3. The van der Waals surface area contributed by atoms with Gasteiger partial charge in [0.2, 0.25) is 0 Å². The minimum atomic E-state index is -0.957. The van der Waals surface area contributed by atoms with Crippen LogP contribution in [0, 0.1) is 0 Å². The zero-order valence-corrected chi connectivity index (χ0v) is 11.2. The molecule has 3 N–H and O–H groups in total. The van der Waals surface area contributed by atoms with Crippen molar-refractivity contribution in [2.75, 3.05) is 0 Å². The molecule has 3 nitrogen and oxygen atoms in total. The van der Waals surface area contributed by atoms with Crippen molar-refractivity contribution in [1.29, 1.82) is 0 Å². The van der Waals surface area contributed by atoms with Crippen LogP contribution in [0.15, 0.2) is 42.5 Å². The fourth-order valence-electron chi connectivity index (χ4n) is 1.87. The van der Waals surface area contributed by atoms with Gasteiger partial charge in [-0.1, -0.05) is 29.8 Å². The molecule has 0 amide bonds. The fourth-order valence-corrected chi connectivity index (χ4v) is 2.09. The third-order valence-corrected chi connectivity index (χ3v) is 3.27. The predicted octanol–water partition coefficient (Wildman–Crippen LogP) is 3.72. The van der Waals surface area contributed by atoms with E-state index >= 15 is 0 Å². The molecule has 4 heteroatoms. The van der Waals surface area contributed by atoms with Gasteiger partial charge in [-0.25, -0.2) is 4.79 Å². The predicted molar refractivity (Wildman–Crippen MR) is 76.4 cm³/mol. The Labute approximate surface area is 116 Å². The Balaban J connectivity index is 2.54. The molecule has 0 saturated heterocycles. The molecule has 0 bridgehead atoms. The third-order valence-electron chi connectivity index (χ3n) is 2.94. The average Bonchev–Trinajstić information content (AvgIpc) is 2.39. The van der Waals surface area contributed by atoms with E-state index in [9.17, 15) is 4.79 Å². The second kappa shape index (κ2) is 5.43. The van der Waals surface area contributed by atoms with Crippen molar-refractivity contribution in [2.45, 2.75) is 13.0 Å². The number of hydrogen-bond acceptors (Lipinski definition) is 2. The number of benzene rings is 2. The van der Waals surface area contributed by atoms with Crippen molar-refractivity contribution in [3.8, 4) is 11.1 Å². The minimum absolute atomic E-state index is 0.0985. The zero-order valence-electron chi connectivity index (χ0n) is 10.4. The van der Waals surface area contributed by atoms with Crippen molar-refractivity contribution in [2.24, 2.45) is 5.73 Å². The lowest BCUT2D eigenvalue weighted by Crippen LogP contribution is -2.04. The Morgan fingerprint density at radius 1 is 1.26 bits per heavy atom. The summed E-state index contributed by atoms with van der Waals surface area (Å²) in [6.45, 7) is 1.89. The lowest BCUT2D eigenvalue weighted by molar-refractivity contribution is 0.0697. The second-order valence-corrected chi connectivity index (χ2v) is 4.82. The molecule has 0 heterocycles. The van der Waals surface area contributed by atoms with Crippen LogP contribution < -0.4 is 5.73 Å². The maximum atomic E-state index is 11.0. The van der Waals surface area contributed by atoms with E-state index in [-0.39, 0.29) is 11.6 Å². The molecule has 0 aliphatic heterocycles. The van der Waals surface area contributed by atoms with E-state index in [1.54, 1.807) is 24.3 Å². The molecule has 0 aliphatic rings. The Hall–Kier alpha value is -1.84. The molecule has 2 aromatic carbocycles. The van der Waals surface area contributed by atoms with Gasteiger partial charge in [-0.05, 0) is 42.3 Å². The average molecular weight is 276 g/mol. The van der Waals surface area contributed by atoms with E-state index in [0.717, 1.165) is 16.7 Å². The Bertz CT molecular complexity index is 623. The summed E-state index contributed by atoms with van der Waals surface area (Å²) in [5, 5.41) is 9.59. The van der Waals surface area contributed by atoms with Gasteiger partial charge < -0.3 is 10.8 Å². The molecule has 1 atom stereocenters. The lowest BCUT2D eigenvalue weighted by Gasteiger charge is -2.11. The highest BCUT2D eigenvalue weighted by Crippen LogP contribution is 2.30. The highest BCUT2D eigenvalue weighted by Gasteiger charge is 2.09. The first-order chi connectivity index (χ1) is 8.99. The summed E-state index contributed by atoms with van der Waals surface area (Å²) in [5.74, 6) is -0.957. The number of halogens is 1. The van der Waals surface area contributed by atoms with Gasteiger partial charge in [-0.15, -0.1) is 0 Å². The van der Waals surface area contributed by atoms with Crippen LogP contribution in [0.1, 0.15) is 28.9 Å². The molecule has 19 heavy (non-hydrogen) atoms. The van der Waals surface area contributed by atoms with Crippen LogP contribution in [-0.2, 0) is 0 Å². The van der Waals surface area contributed by atoms with E-state index in [4.69, 9.17) is 22.4 Å². The van der Waals surface area contributed by atoms with Crippen LogP contribution >= 0.6 is 11.6 Å². The quantitative estimate of drug-likeness (QED) is 0.897. The van der Waals surface area contributed by atoms with Gasteiger partial charge in [-0.3, -0.25) is 0 Å². The number of aromatic carboxylic acids is 1. The summed E-state index contributed by atoms with van der Waals surface area (Å²) in [7, 11) is 0. The highest BCUT2D eigenvalue weighted by molar-refractivity contribution is 6.33. The zero-order chi connectivity index (χ0) is 14.0. The largest absolute Gasteiger partial charge is 0.478 e. The van der Waals surface area contributed by atoms with Crippen LogP contribution in [0.3, 0.4) is 0 Å². The van der Waals surface area contributed by atoms with Gasteiger partial charge in [0.1, 0.15) is 0 Å². The summed E-state index contributed by atoms with van der Waals surface area (Å²) >= 11 is 6.18. The molecule has 0 spiro atoms. The summed E-state index contributed by atoms with van der Waals surface area (Å²) in [6.07, 6.45) is 0. The molecule has 2 rings (SSSR count). The van der Waals surface area contributed by atoms with E-state index in [2.05, 4.69) is 0 Å². The molecule has 0 radical (unpaired) electrons. The van der Waals surface area contributed by atoms with Gasteiger partial charge in [0.05, 0.1) is 5.56 Å². The second-order valence-electron chi connectivity index (χ2n) is 4.41. The van der Waals surface area contributed by atoms with Crippen LogP contribution in [0.5, 0.6) is 0 Å². The number of carboxylic acid groups (broad SMARTS) is 1. The van der Waals surface area contributed by atoms with E-state index < -0.39 is 5.97 Å². The Morgan fingerprint density at radius 2 is 2.00 bits per heavy atom. The molecule has 0 aromatic heterocycles. The minimum Gasteiger partial charge on any atom is -0.478 e. The van der Waals surface area contributed by atoms with Crippen LogP contribution in [0.2, 0.25) is 5.02 Å². The molecule has 0 aliphatic carbocycles. The normalized spacial score (nSPS) is 12.2. The Kier molecular flexibility index (Phi) is 3.88. The standard InChI is InChI=1S/C15H14ClNO2/c1-9(17)10-5-6-14(16)13(8-10)11-3-2-4-12(7-11)15(18)19/h2-9H,17H2,1H3,(H,18,19). The molecular weight excluding hydrogens is 262 g/mol. The monoisotopic (exact) mass is 275 g/mol. The van der Waals surface area contributed by atoms with E-state index in [0.29, 0.717) is 5.02 Å². The van der Waals surface area contributed by atoms with Gasteiger partial charge >= 0.3 is 5.97 Å². The molecule has 98 valence electrons. The first kappa shape index (κ1) is 13.6. The fraction of sp³-hybridized carbons (Fsp3) is 0.133. The van der Waals surface area contributed by atoms with E-state index in [1.165, 1.54) is 0 Å². The van der Waals surface area contributed by atoms with Crippen molar-refractivity contribution >= 4 is 17.6 Å².